The number of thiazole rings is 1. The Bertz CT molecular complexity index is 542. The highest BCUT2D eigenvalue weighted by Crippen LogP contribution is 2.40. The maximum absolute atomic E-state index is 5.85. The molecule has 1 aromatic carbocycles. The number of nitrogens with two attached hydrogens (primary N) is 1. The SMILES string of the molecule is CCc1ccc(C2CCCc3nc(N)sc32)cc1. The number of anilines is 1. The van der Waals surface area contributed by atoms with Crippen LogP contribution in [0.3, 0.4) is 0 Å². The highest BCUT2D eigenvalue weighted by molar-refractivity contribution is 7.15. The first kappa shape index (κ1) is 11.7. The molecule has 1 atom stereocenters. The molecular formula is C15H18N2S. The summed E-state index contributed by atoms with van der Waals surface area (Å²) in [6.07, 6.45) is 4.63. The van der Waals surface area contributed by atoms with Gasteiger partial charge < -0.3 is 5.73 Å². The summed E-state index contributed by atoms with van der Waals surface area (Å²) >= 11 is 1.67. The van der Waals surface area contributed by atoms with Crippen LogP contribution < -0.4 is 5.73 Å². The van der Waals surface area contributed by atoms with Gasteiger partial charge in [-0.15, -0.1) is 11.3 Å². The van der Waals surface area contributed by atoms with Gasteiger partial charge in [0.1, 0.15) is 0 Å². The third-order valence-corrected chi connectivity index (χ3v) is 4.80. The molecule has 1 heterocycles. The van der Waals surface area contributed by atoms with Crippen molar-refractivity contribution >= 4 is 16.5 Å². The van der Waals surface area contributed by atoms with E-state index in [1.807, 2.05) is 0 Å². The lowest BCUT2D eigenvalue weighted by molar-refractivity contribution is 0.617. The number of nitrogens with zero attached hydrogens (tertiary/aromatic N) is 1. The first-order chi connectivity index (χ1) is 8.78. The van der Waals surface area contributed by atoms with Gasteiger partial charge in [-0.1, -0.05) is 31.2 Å². The lowest BCUT2D eigenvalue weighted by atomic mass is 9.86. The molecule has 1 aliphatic rings. The van der Waals surface area contributed by atoms with Crippen LogP contribution in [0.5, 0.6) is 0 Å². The Morgan fingerprint density at radius 1 is 1.33 bits per heavy atom. The number of hydrogen-bond acceptors (Lipinski definition) is 3. The van der Waals surface area contributed by atoms with Gasteiger partial charge in [-0.2, -0.15) is 0 Å². The Morgan fingerprint density at radius 2 is 2.11 bits per heavy atom. The van der Waals surface area contributed by atoms with E-state index in [4.69, 9.17) is 5.73 Å². The summed E-state index contributed by atoms with van der Waals surface area (Å²) in [5.41, 5.74) is 9.90. The van der Waals surface area contributed by atoms with Crippen molar-refractivity contribution in [2.75, 3.05) is 5.73 Å². The first-order valence-corrected chi connectivity index (χ1v) is 7.43. The summed E-state index contributed by atoms with van der Waals surface area (Å²) in [7, 11) is 0. The minimum absolute atomic E-state index is 0.509. The van der Waals surface area contributed by atoms with Crippen LogP contribution in [0.25, 0.3) is 0 Å². The average molecular weight is 258 g/mol. The van der Waals surface area contributed by atoms with Gasteiger partial charge >= 0.3 is 0 Å². The van der Waals surface area contributed by atoms with Gasteiger partial charge in [0.25, 0.3) is 0 Å². The molecule has 3 heteroatoms. The molecule has 0 fully saturated rings. The first-order valence-electron chi connectivity index (χ1n) is 6.62. The maximum atomic E-state index is 5.85. The largest absolute Gasteiger partial charge is 0.375 e. The molecule has 2 aromatic rings. The summed E-state index contributed by atoms with van der Waals surface area (Å²) in [4.78, 5) is 5.85. The van der Waals surface area contributed by atoms with Gasteiger partial charge in [-0.05, 0) is 36.8 Å². The molecule has 0 aliphatic heterocycles. The number of benzene rings is 1. The highest BCUT2D eigenvalue weighted by Gasteiger charge is 2.25. The van der Waals surface area contributed by atoms with Crippen molar-refractivity contribution in [2.24, 2.45) is 0 Å². The molecule has 0 saturated heterocycles. The number of nitrogen functional groups attached to an aromatic ring is 1. The number of aromatic nitrogens is 1. The van der Waals surface area contributed by atoms with Crippen LogP contribution in [-0.4, -0.2) is 4.98 Å². The quantitative estimate of drug-likeness (QED) is 0.891. The van der Waals surface area contributed by atoms with Crippen molar-refractivity contribution < 1.29 is 0 Å². The van der Waals surface area contributed by atoms with E-state index in [9.17, 15) is 0 Å². The predicted molar refractivity (Wildman–Crippen MR) is 77.1 cm³/mol. The zero-order valence-electron chi connectivity index (χ0n) is 10.6. The molecular weight excluding hydrogens is 240 g/mol. The Labute approximate surface area is 112 Å². The second kappa shape index (κ2) is 4.73. The van der Waals surface area contributed by atoms with Crippen LogP contribution in [0.4, 0.5) is 5.13 Å². The average Bonchev–Trinajstić information content (AvgIpc) is 2.79. The minimum atomic E-state index is 0.509. The molecule has 3 rings (SSSR count). The second-order valence-corrected chi connectivity index (χ2v) is 5.97. The van der Waals surface area contributed by atoms with Crippen molar-refractivity contribution in [3.63, 3.8) is 0 Å². The monoisotopic (exact) mass is 258 g/mol. The number of rotatable bonds is 2. The second-order valence-electron chi connectivity index (χ2n) is 4.90. The van der Waals surface area contributed by atoms with E-state index < -0.39 is 0 Å². The summed E-state index contributed by atoms with van der Waals surface area (Å²) in [5, 5.41) is 0.720. The lowest BCUT2D eigenvalue weighted by Crippen LogP contribution is -2.09. The molecule has 1 unspecified atom stereocenters. The fourth-order valence-electron chi connectivity index (χ4n) is 2.74. The van der Waals surface area contributed by atoms with Crippen LogP contribution in [0.15, 0.2) is 24.3 Å². The van der Waals surface area contributed by atoms with Crippen molar-refractivity contribution in [1.82, 2.24) is 4.98 Å². The molecule has 0 spiro atoms. The van der Waals surface area contributed by atoms with Crippen LogP contribution in [0, 0.1) is 0 Å². The van der Waals surface area contributed by atoms with Crippen molar-refractivity contribution in [3.8, 4) is 0 Å². The normalized spacial score (nSPS) is 18.6. The standard InChI is InChI=1S/C15H18N2S/c1-2-10-6-8-11(9-7-10)12-4-3-5-13-14(12)18-15(16)17-13/h6-9,12H,2-5H2,1H3,(H2,16,17). The maximum Gasteiger partial charge on any atom is 0.180 e. The molecule has 2 N–H and O–H groups in total. The molecule has 0 saturated carbocycles. The van der Waals surface area contributed by atoms with Gasteiger partial charge in [0.15, 0.2) is 5.13 Å². The van der Waals surface area contributed by atoms with Crippen molar-refractivity contribution in [1.29, 1.82) is 0 Å². The molecule has 2 nitrogen and oxygen atoms in total. The van der Waals surface area contributed by atoms with E-state index in [0.29, 0.717) is 5.92 Å². The fourth-order valence-corrected chi connectivity index (χ4v) is 3.79. The van der Waals surface area contributed by atoms with Gasteiger partial charge in [0.05, 0.1) is 5.69 Å². The van der Waals surface area contributed by atoms with E-state index >= 15 is 0 Å². The zero-order valence-corrected chi connectivity index (χ0v) is 11.5. The van der Waals surface area contributed by atoms with E-state index in [-0.39, 0.29) is 0 Å². The Kier molecular flexibility index (Phi) is 3.08. The third kappa shape index (κ3) is 2.03. The molecule has 0 amide bonds. The Morgan fingerprint density at radius 3 is 2.83 bits per heavy atom. The van der Waals surface area contributed by atoms with Crippen LogP contribution in [0.2, 0.25) is 0 Å². The molecule has 0 bridgehead atoms. The van der Waals surface area contributed by atoms with E-state index in [1.165, 1.54) is 34.5 Å². The molecule has 1 aliphatic carbocycles. The highest BCUT2D eigenvalue weighted by atomic mass is 32.1. The lowest BCUT2D eigenvalue weighted by Gasteiger charge is -2.21. The topological polar surface area (TPSA) is 38.9 Å². The minimum Gasteiger partial charge on any atom is -0.375 e. The number of hydrogen-bond donors (Lipinski definition) is 1. The molecule has 94 valence electrons. The summed E-state index contributed by atoms with van der Waals surface area (Å²) in [5.74, 6) is 0.509. The molecule has 1 aromatic heterocycles. The van der Waals surface area contributed by atoms with Gasteiger partial charge in [-0.25, -0.2) is 4.98 Å². The van der Waals surface area contributed by atoms with Gasteiger partial charge in [-0.3, -0.25) is 0 Å². The number of aryl methyl sites for hydroxylation is 2. The molecule has 18 heavy (non-hydrogen) atoms. The third-order valence-electron chi connectivity index (χ3n) is 3.76. The summed E-state index contributed by atoms with van der Waals surface area (Å²) in [6, 6.07) is 9.03. The number of fused-ring (bicyclic) bond motifs is 1. The van der Waals surface area contributed by atoms with E-state index in [2.05, 4.69) is 36.2 Å². The predicted octanol–water partition coefficient (Wildman–Crippen LogP) is 3.76. The van der Waals surface area contributed by atoms with E-state index in [0.717, 1.165) is 18.0 Å². The van der Waals surface area contributed by atoms with Crippen molar-refractivity contribution in [2.45, 2.75) is 38.5 Å². The Hall–Kier alpha value is -1.35. The van der Waals surface area contributed by atoms with Gasteiger partial charge in [0.2, 0.25) is 0 Å². The Balaban J connectivity index is 1.97. The van der Waals surface area contributed by atoms with Crippen LogP contribution in [-0.2, 0) is 12.8 Å². The van der Waals surface area contributed by atoms with Crippen LogP contribution in [0.1, 0.15) is 47.4 Å². The van der Waals surface area contributed by atoms with Gasteiger partial charge in [0, 0.05) is 10.8 Å². The fraction of sp³-hybridized carbons (Fsp3) is 0.400. The van der Waals surface area contributed by atoms with Crippen LogP contribution >= 0.6 is 11.3 Å². The smallest absolute Gasteiger partial charge is 0.180 e. The van der Waals surface area contributed by atoms with E-state index in [1.54, 1.807) is 11.3 Å². The zero-order chi connectivity index (χ0) is 12.5. The summed E-state index contributed by atoms with van der Waals surface area (Å²) in [6.45, 7) is 2.19. The van der Waals surface area contributed by atoms with Crippen molar-refractivity contribution in [3.05, 3.63) is 46.0 Å². The summed E-state index contributed by atoms with van der Waals surface area (Å²) < 4.78 is 0. The molecule has 0 radical (unpaired) electrons.